The van der Waals surface area contributed by atoms with Crippen molar-refractivity contribution in [1.82, 2.24) is 5.32 Å². The van der Waals surface area contributed by atoms with Crippen LogP contribution in [-0.4, -0.2) is 20.1 Å². The van der Waals surface area contributed by atoms with Crippen LogP contribution in [0.3, 0.4) is 0 Å². The highest BCUT2D eigenvalue weighted by Gasteiger charge is 2.34. The van der Waals surface area contributed by atoms with Gasteiger partial charge in [-0.25, -0.2) is 0 Å². The standard InChI is InChI=1S/C32H31NO3/c1-35-26-17-13-22(14-18-26)28-20-16-23-15-19-27(36-2)21-29(23)31(28)33-32(34)30(24-9-5-3-6-10-24)25-11-7-4-8-12-25/h3-15,17-19,21,28,30-31H,16,20H2,1-2H3,(H,33,34)/t28-,31+/m1/s1. The number of carbonyl (C=O) groups excluding carboxylic acids is 1. The molecular formula is C32H31NO3. The molecule has 1 N–H and O–H groups in total. The van der Waals surface area contributed by atoms with Crippen molar-refractivity contribution in [2.75, 3.05) is 14.2 Å². The van der Waals surface area contributed by atoms with Gasteiger partial charge in [-0.15, -0.1) is 0 Å². The topological polar surface area (TPSA) is 47.6 Å². The minimum absolute atomic E-state index is 0.00779. The molecule has 0 aromatic heterocycles. The maximum absolute atomic E-state index is 14.1. The number of aryl methyl sites for hydroxylation is 1. The van der Waals surface area contributed by atoms with E-state index in [0.29, 0.717) is 0 Å². The van der Waals surface area contributed by atoms with Gasteiger partial charge >= 0.3 is 0 Å². The molecular weight excluding hydrogens is 446 g/mol. The number of carbonyl (C=O) groups is 1. The van der Waals surface area contributed by atoms with Gasteiger partial charge in [0.25, 0.3) is 0 Å². The fourth-order valence-electron chi connectivity index (χ4n) is 5.32. The molecule has 5 rings (SSSR count). The molecule has 4 heteroatoms. The summed E-state index contributed by atoms with van der Waals surface area (Å²) < 4.78 is 10.9. The Balaban J connectivity index is 1.55. The van der Waals surface area contributed by atoms with Gasteiger partial charge in [-0.3, -0.25) is 4.79 Å². The molecule has 0 saturated heterocycles. The lowest BCUT2D eigenvalue weighted by Crippen LogP contribution is -2.38. The second-order valence-corrected chi connectivity index (χ2v) is 9.22. The van der Waals surface area contributed by atoms with E-state index in [1.165, 1.54) is 11.1 Å². The van der Waals surface area contributed by atoms with E-state index in [2.05, 4.69) is 29.6 Å². The predicted molar refractivity (Wildman–Crippen MR) is 143 cm³/mol. The summed E-state index contributed by atoms with van der Waals surface area (Å²) in [5.41, 5.74) is 5.51. The molecule has 1 amide bonds. The van der Waals surface area contributed by atoms with Gasteiger partial charge in [0.2, 0.25) is 5.91 Å². The van der Waals surface area contributed by atoms with Crippen LogP contribution in [0, 0.1) is 0 Å². The lowest BCUT2D eigenvalue weighted by atomic mass is 9.75. The Bertz CT molecular complexity index is 1260. The fraction of sp³-hybridized carbons (Fsp3) is 0.219. The molecule has 0 spiro atoms. The third-order valence-electron chi connectivity index (χ3n) is 7.18. The number of amides is 1. The highest BCUT2D eigenvalue weighted by Crippen LogP contribution is 2.43. The molecule has 0 radical (unpaired) electrons. The van der Waals surface area contributed by atoms with Crippen LogP contribution in [0.25, 0.3) is 0 Å². The van der Waals surface area contributed by atoms with Crippen LogP contribution in [0.15, 0.2) is 103 Å². The highest BCUT2D eigenvalue weighted by atomic mass is 16.5. The number of hydrogen-bond acceptors (Lipinski definition) is 3. The molecule has 4 nitrogen and oxygen atoms in total. The first-order valence-corrected chi connectivity index (χ1v) is 12.4. The van der Waals surface area contributed by atoms with Crippen LogP contribution in [0.2, 0.25) is 0 Å². The van der Waals surface area contributed by atoms with E-state index in [1.807, 2.05) is 78.9 Å². The van der Waals surface area contributed by atoms with Gasteiger partial charge in [0, 0.05) is 5.92 Å². The number of ether oxygens (including phenoxy) is 2. The summed E-state index contributed by atoms with van der Waals surface area (Å²) in [4.78, 5) is 14.1. The molecule has 0 bridgehead atoms. The normalized spacial score (nSPS) is 16.8. The van der Waals surface area contributed by atoms with Gasteiger partial charge in [-0.1, -0.05) is 78.9 Å². The summed E-state index contributed by atoms with van der Waals surface area (Å²) in [5, 5.41) is 3.47. The lowest BCUT2D eigenvalue weighted by molar-refractivity contribution is -0.122. The quantitative estimate of drug-likeness (QED) is 0.334. The molecule has 0 heterocycles. The molecule has 182 valence electrons. The average molecular weight is 478 g/mol. The van der Waals surface area contributed by atoms with E-state index in [-0.39, 0.29) is 17.9 Å². The zero-order valence-electron chi connectivity index (χ0n) is 20.7. The molecule has 0 unspecified atom stereocenters. The summed E-state index contributed by atoms with van der Waals surface area (Å²) in [6.07, 6.45) is 1.89. The largest absolute Gasteiger partial charge is 0.497 e. The van der Waals surface area contributed by atoms with Gasteiger partial charge in [-0.05, 0) is 64.9 Å². The molecule has 2 atom stereocenters. The Morgan fingerprint density at radius 1 is 0.778 bits per heavy atom. The molecule has 4 aromatic carbocycles. The number of hydrogen-bond donors (Lipinski definition) is 1. The maximum atomic E-state index is 14.1. The first kappa shape index (κ1) is 23.7. The van der Waals surface area contributed by atoms with Crippen molar-refractivity contribution in [3.63, 3.8) is 0 Å². The van der Waals surface area contributed by atoms with Crippen LogP contribution < -0.4 is 14.8 Å². The monoisotopic (exact) mass is 477 g/mol. The van der Waals surface area contributed by atoms with Crippen LogP contribution in [0.1, 0.15) is 52.1 Å². The predicted octanol–water partition coefficient (Wildman–Crippen LogP) is 6.42. The van der Waals surface area contributed by atoms with E-state index in [0.717, 1.165) is 41.0 Å². The third kappa shape index (κ3) is 4.85. The van der Waals surface area contributed by atoms with Crippen molar-refractivity contribution >= 4 is 5.91 Å². The summed E-state index contributed by atoms with van der Waals surface area (Å²) >= 11 is 0. The second-order valence-electron chi connectivity index (χ2n) is 9.22. The van der Waals surface area contributed by atoms with Crippen molar-refractivity contribution in [2.24, 2.45) is 0 Å². The Hall–Kier alpha value is -4.05. The molecule has 0 fully saturated rings. The van der Waals surface area contributed by atoms with Gasteiger partial charge in [0.1, 0.15) is 11.5 Å². The van der Waals surface area contributed by atoms with Gasteiger partial charge in [0.05, 0.1) is 26.2 Å². The van der Waals surface area contributed by atoms with E-state index < -0.39 is 5.92 Å². The maximum Gasteiger partial charge on any atom is 0.232 e. The van der Waals surface area contributed by atoms with Crippen molar-refractivity contribution in [3.05, 3.63) is 131 Å². The van der Waals surface area contributed by atoms with Crippen molar-refractivity contribution in [2.45, 2.75) is 30.7 Å². The molecule has 1 aliphatic rings. The van der Waals surface area contributed by atoms with Crippen molar-refractivity contribution in [1.29, 1.82) is 0 Å². The molecule has 0 aliphatic heterocycles. The fourth-order valence-corrected chi connectivity index (χ4v) is 5.32. The smallest absolute Gasteiger partial charge is 0.232 e. The van der Waals surface area contributed by atoms with Gasteiger partial charge in [-0.2, -0.15) is 0 Å². The lowest BCUT2D eigenvalue weighted by Gasteiger charge is -2.36. The summed E-state index contributed by atoms with van der Waals surface area (Å²) in [6.45, 7) is 0. The van der Waals surface area contributed by atoms with Crippen molar-refractivity contribution in [3.8, 4) is 11.5 Å². The first-order valence-electron chi connectivity index (χ1n) is 12.4. The second kappa shape index (κ2) is 10.7. The molecule has 36 heavy (non-hydrogen) atoms. The molecule has 4 aromatic rings. The van der Waals surface area contributed by atoms with Crippen molar-refractivity contribution < 1.29 is 14.3 Å². The first-order chi connectivity index (χ1) is 17.7. The Morgan fingerprint density at radius 2 is 1.36 bits per heavy atom. The minimum Gasteiger partial charge on any atom is -0.497 e. The van der Waals surface area contributed by atoms with Gasteiger partial charge in [0.15, 0.2) is 0 Å². The Labute approximate surface area is 212 Å². The third-order valence-corrected chi connectivity index (χ3v) is 7.18. The highest BCUT2D eigenvalue weighted by molar-refractivity contribution is 5.87. The Kier molecular flexibility index (Phi) is 7.03. The van der Waals surface area contributed by atoms with Crippen LogP contribution >= 0.6 is 0 Å². The number of fused-ring (bicyclic) bond motifs is 1. The summed E-state index contributed by atoms with van der Waals surface area (Å²) in [7, 11) is 3.36. The average Bonchev–Trinajstić information content (AvgIpc) is 2.94. The summed E-state index contributed by atoms with van der Waals surface area (Å²) in [6, 6.07) is 34.2. The molecule has 1 aliphatic carbocycles. The van der Waals surface area contributed by atoms with E-state index in [1.54, 1.807) is 14.2 Å². The Morgan fingerprint density at radius 3 is 1.94 bits per heavy atom. The van der Waals surface area contributed by atoms with Crippen LogP contribution in [-0.2, 0) is 11.2 Å². The molecule has 0 saturated carbocycles. The minimum atomic E-state index is -0.403. The number of benzene rings is 4. The van der Waals surface area contributed by atoms with E-state index in [4.69, 9.17) is 9.47 Å². The zero-order valence-corrected chi connectivity index (χ0v) is 20.7. The van der Waals surface area contributed by atoms with Crippen LogP contribution in [0.5, 0.6) is 11.5 Å². The summed E-state index contributed by atoms with van der Waals surface area (Å²) in [5.74, 6) is 1.34. The van der Waals surface area contributed by atoms with Gasteiger partial charge < -0.3 is 14.8 Å². The SMILES string of the molecule is COc1ccc([C@H]2CCc3ccc(OC)cc3[C@H]2NC(=O)C(c2ccccc2)c2ccccc2)cc1. The zero-order chi connectivity index (χ0) is 24.9. The van der Waals surface area contributed by atoms with Crippen LogP contribution in [0.4, 0.5) is 0 Å². The number of nitrogens with one attached hydrogen (secondary N) is 1. The number of rotatable bonds is 7. The van der Waals surface area contributed by atoms with E-state index >= 15 is 0 Å². The number of methoxy groups -OCH3 is 2. The van der Waals surface area contributed by atoms with E-state index in [9.17, 15) is 4.79 Å².